The first-order valence-electron chi connectivity index (χ1n) is 5.23. The van der Waals surface area contributed by atoms with Crippen molar-refractivity contribution >= 4 is 0 Å². The first-order chi connectivity index (χ1) is 6.74. The van der Waals surface area contributed by atoms with Crippen molar-refractivity contribution < 1.29 is 4.74 Å². The van der Waals surface area contributed by atoms with Crippen molar-refractivity contribution in [2.45, 2.75) is 32.9 Å². The first kappa shape index (κ1) is 11.3. The summed E-state index contributed by atoms with van der Waals surface area (Å²) in [6.07, 6.45) is 5.24. The van der Waals surface area contributed by atoms with Gasteiger partial charge in [-0.3, -0.25) is 0 Å². The summed E-state index contributed by atoms with van der Waals surface area (Å²) in [5.74, 6) is 0. The molecule has 1 atom stereocenters. The molecule has 0 aliphatic heterocycles. The highest BCUT2D eigenvalue weighted by molar-refractivity contribution is 5.13. The van der Waals surface area contributed by atoms with E-state index in [1.165, 1.54) is 5.56 Å². The highest BCUT2D eigenvalue weighted by Crippen LogP contribution is 2.09. The number of rotatable bonds is 6. The number of hydrogen-bond donors (Lipinski definition) is 1. The average Bonchev–Trinajstić information content (AvgIpc) is 2.61. The molecule has 0 fully saturated rings. The quantitative estimate of drug-likeness (QED) is 0.706. The fraction of sp³-hybridized carbons (Fsp3) is 0.636. The molecule has 1 rings (SSSR count). The third kappa shape index (κ3) is 3.52. The van der Waals surface area contributed by atoms with E-state index in [0.717, 1.165) is 26.2 Å². The van der Waals surface area contributed by atoms with Crippen LogP contribution in [0, 0.1) is 0 Å². The van der Waals surface area contributed by atoms with E-state index in [2.05, 4.69) is 23.0 Å². The molecule has 0 amide bonds. The van der Waals surface area contributed by atoms with Gasteiger partial charge in [-0.1, -0.05) is 0 Å². The van der Waals surface area contributed by atoms with Crippen molar-refractivity contribution in [1.82, 2.24) is 4.57 Å². The number of hydrogen-bond acceptors (Lipinski definition) is 2. The number of aromatic nitrogens is 1. The van der Waals surface area contributed by atoms with E-state index in [0.29, 0.717) is 0 Å². The van der Waals surface area contributed by atoms with Crippen LogP contribution >= 0.6 is 0 Å². The van der Waals surface area contributed by atoms with Crippen LogP contribution in [0.4, 0.5) is 0 Å². The maximum atomic E-state index is 5.77. The Kier molecular flexibility index (Phi) is 4.70. The van der Waals surface area contributed by atoms with Crippen molar-refractivity contribution in [3.8, 4) is 0 Å². The zero-order chi connectivity index (χ0) is 10.4. The zero-order valence-corrected chi connectivity index (χ0v) is 9.07. The highest BCUT2D eigenvalue weighted by atomic mass is 16.5. The lowest BCUT2D eigenvalue weighted by Gasteiger charge is -2.03. The molecule has 0 aromatic carbocycles. The van der Waals surface area contributed by atoms with Crippen LogP contribution in [-0.4, -0.2) is 17.8 Å². The summed E-state index contributed by atoms with van der Waals surface area (Å²) in [5, 5.41) is 0. The maximum Gasteiger partial charge on any atom is 0.0482 e. The summed E-state index contributed by atoms with van der Waals surface area (Å²) >= 11 is 0. The van der Waals surface area contributed by atoms with Crippen LogP contribution in [0.2, 0.25) is 0 Å². The van der Waals surface area contributed by atoms with E-state index in [1.807, 2.05) is 13.8 Å². The standard InChI is InChI=1S/C11H20N2O/c1-3-14-8-4-6-13-7-5-11(9-13)10(2)12/h5,7,9-10H,3-4,6,8,12H2,1-2H3. The van der Waals surface area contributed by atoms with Crippen molar-refractivity contribution in [3.63, 3.8) is 0 Å². The van der Waals surface area contributed by atoms with Crippen molar-refractivity contribution in [2.75, 3.05) is 13.2 Å². The maximum absolute atomic E-state index is 5.77. The Labute approximate surface area is 85.9 Å². The lowest BCUT2D eigenvalue weighted by Crippen LogP contribution is -2.04. The molecule has 2 N–H and O–H groups in total. The summed E-state index contributed by atoms with van der Waals surface area (Å²) in [6.45, 7) is 6.66. The van der Waals surface area contributed by atoms with Gasteiger partial charge in [0.1, 0.15) is 0 Å². The Morgan fingerprint density at radius 3 is 2.93 bits per heavy atom. The van der Waals surface area contributed by atoms with Crippen molar-refractivity contribution in [3.05, 3.63) is 24.0 Å². The number of nitrogens with two attached hydrogens (primary N) is 1. The van der Waals surface area contributed by atoms with Gasteiger partial charge in [0.15, 0.2) is 0 Å². The van der Waals surface area contributed by atoms with Gasteiger partial charge < -0.3 is 15.0 Å². The Hall–Kier alpha value is -0.800. The predicted octanol–water partition coefficient (Wildman–Crippen LogP) is 1.93. The minimum atomic E-state index is 0.128. The molecule has 3 heteroatoms. The van der Waals surface area contributed by atoms with Gasteiger partial charge >= 0.3 is 0 Å². The predicted molar refractivity (Wildman–Crippen MR) is 58.1 cm³/mol. The monoisotopic (exact) mass is 196 g/mol. The molecule has 14 heavy (non-hydrogen) atoms. The lowest BCUT2D eigenvalue weighted by atomic mass is 10.2. The second-order valence-corrected chi connectivity index (χ2v) is 3.52. The summed E-state index contributed by atoms with van der Waals surface area (Å²) in [5.41, 5.74) is 6.96. The normalized spacial score (nSPS) is 13.1. The van der Waals surface area contributed by atoms with Gasteiger partial charge in [0.05, 0.1) is 0 Å². The third-order valence-electron chi connectivity index (χ3n) is 2.21. The largest absolute Gasteiger partial charge is 0.382 e. The third-order valence-corrected chi connectivity index (χ3v) is 2.21. The molecular weight excluding hydrogens is 176 g/mol. The summed E-state index contributed by atoms with van der Waals surface area (Å²) < 4.78 is 7.44. The van der Waals surface area contributed by atoms with E-state index >= 15 is 0 Å². The van der Waals surface area contributed by atoms with E-state index in [1.54, 1.807) is 0 Å². The van der Waals surface area contributed by atoms with Crippen molar-refractivity contribution in [2.24, 2.45) is 5.73 Å². The molecule has 1 unspecified atom stereocenters. The Morgan fingerprint density at radius 1 is 1.57 bits per heavy atom. The van der Waals surface area contributed by atoms with Crippen molar-refractivity contribution in [1.29, 1.82) is 0 Å². The number of nitrogens with zero attached hydrogens (tertiary/aromatic N) is 1. The van der Waals surface area contributed by atoms with E-state index in [9.17, 15) is 0 Å². The van der Waals surface area contributed by atoms with Crippen LogP contribution in [0.1, 0.15) is 31.9 Å². The number of ether oxygens (including phenoxy) is 1. The van der Waals surface area contributed by atoms with Gasteiger partial charge in [-0.25, -0.2) is 0 Å². The highest BCUT2D eigenvalue weighted by Gasteiger charge is 2.00. The lowest BCUT2D eigenvalue weighted by molar-refractivity contribution is 0.141. The molecule has 0 aliphatic rings. The molecular formula is C11H20N2O. The molecule has 0 radical (unpaired) electrons. The molecule has 0 aliphatic carbocycles. The minimum Gasteiger partial charge on any atom is -0.382 e. The molecule has 0 spiro atoms. The molecule has 0 saturated carbocycles. The van der Waals surface area contributed by atoms with Crippen LogP contribution in [0.3, 0.4) is 0 Å². The van der Waals surface area contributed by atoms with Gasteiger partial charge in [0.2, 0.25) is 0 Å². The second-order valence-electron chi connectivity index (χ2n) is 3.52. The summed E-state index contributed by atoms with van der Waals surface area (Å²) in [6, 6.07) is 2.20. The first-order valence-corrected chi connectivity index (χ1v) is 5.23. The Bertz CT molecular complexity index is 256. The fourth-order valence-corrected chi connectivity index (χ4v) is 1.36. The van der Waals surface area contributed by atoms with Crippen LogP contribution in [0.15, 0.2) is 18.5 Å². The van der Waals surface area contributed by atoms with Crippen LogP contribution in [0.25, 0.3) is 0 Å². The SMILES string of the molecule is CCOCCCn1ccc(C(C)N)c1. The van der Waals surface area contributed by atoms with E-state index in [4.69, 9.17) is 10.5 Å². The molecule has 80 valence electrons. The second kappa shape index (κ2) is 5.83. The molecule has 1 aromatic heterocycles. The van der Waals surface area contributed by atoms with Gasteiger partial charge in [-0.15, -0.1) is 0 Å². The van der Waals surface area contributed by atoms with Crippen LogP contribution < -0.4 is 5.73 Å². The van der Waals surface area contributed by atoms with E-state index in [-0.39, 0.29) is 6.04 Å². The summed E-state index contributed by atoms with van der Waals surface area (Å²) in [4.78, 5) is 0. The molecule has 3 nitrogen and oxygen atoms in total. The smallest absolute Gasteiger partial charge is 0.0482 e. The molecule has 1 aromatic rings. The molecule has 0 bridgehead atoms. The zero-order valence-electron chi connectivity index (χ0n) is 9.07. The van der Waals surface area contributed by atoms with Gasteiger partial charge in [0, 0.05) is 38.2 Å². The van der Waals surface area contributed by atoms with Crippen LogP contribution in [-0.2, 0) is 11.3 Å². The van der Waals surface area contributed by atoms with Gasteiger partial charge in [0.25, 0.3) is 0 Å². The van der Waals surface area contributed by atoms with Crippen LogP contribution in [0.5, 0.6) is 0 Å². The topological polar surface area (TPSA) is 40.2 Å². The Balaban J connectivity index is 2.29. The molecule has 0 saturated heterocycles. The van der Waals surface area contributed by atoms with Gasteiger partial charge in [-0.2, -0.15) is 0 Å². The summed E-state index contributed by atoms with van der Waals surface area (Å²) in [7, 11) is 0. The number of aryl methyl sites for hydroxylation is 1. The average molecular weight is 196 g/mol. The Morgan fingerprint density at radius 2 is 2.36 bits per heavy atom. The fourth-order valence-electron chi connectivity index (χ4n) is 1.36. The molecule has 1 heterocycles. The van der Waals surface area contributed by atoms with Gasteiger partial charge in [-0.05, 0) is 31.9 Å². The van der Waals surface area contributed by atoms with E-state index < -0.39 is 0 Å². The minimum absolute atomic E-state index is 0.128.